The van der Waals surface area contributed by atoms with Crippen LogP contribution in [0.3, 0.4) is 0 Å². The molecule has 1 unspecified atom stereocenters. The third kappa shape index (κ3) is 2.42. The molecule has 2 rings (SSSR count). The number of aliphatic carboxylic acids is 1. The Hall–Kier alpha value is -2.01. The average molecular weight is 262 g/mol. The maximum Gasteiger partial charge on any atom is 0.321 e. The zero-order chi connectivity index (χ0) is 14.2. The average Bonchev–Trinajstić information content (AvgIpc) is 2.64. The van der Waals surface area contributed by atoms with Crippen molar-refractivity contribution < 1.29 is 15.0 Å². The van der Waals surface area contributed by atoms with Crippen LogP contribution in [0.25, 0.3) is 10.9 Å². The summed E-state index contributed by atoms with van der Waals surface area (Å²) in [5, 5.41) is 20.0. The van der Waals surface area contributed by atoms with Gasteiger partial charge >= 0.3 is 5.97 Å². The van der Waals surface area contributed by atoms with Gasteiger partial charge in [0.15, 0.2) is 0 Å². The summed E-state index contributed by atoms with van der Waals surface area (Å²) in [6.45, 7) is 0. The number of carboxylic acid groups (broad SMARTS) is 1. The van der Waals surface area contributed by atoms with Crippen LogP contribution in [-0.4, -0.2) is 45.8 Å². The van der Waals surface area contributed by atoms with Crippen molar-refractivity contribution in [2.45, 2.75) is 12.5 Å². The summed E-state index contributed by atoms with van der Waals surface area (Å²) in [5.41, 5.74) is 1.74. The Labute approximate surface area is 111 Å². The second-order valence-corrected chi connectivity index (χ2v) is 4.96. The van der Waals surface area contributed by atoms with Crippen LogP contribution in [0.2, 0.25) is 0 Å². The van der Waals surface area contributed by atoms with Gasteiger partial charge in [0.1, 0.15) is 11.8 Å². The first kappa shape index (κ1) is 13.4. The molecule has 2 aromatic rings. The molecule has 0 spiro atoms. The monoisotopic (exact) mass is 262 g/mol. The fourth-order valence-corrected chi connectivity index (χ4v) is 2.37. The van der Waals surface area contributed by atoms with Gasteiger partial charge in [-0.05, 0) is 31.8 Å². The minimum absolute atomic E-state index is 0.191. The van der Waals surface area contributed by atoms with Crippen molar-refractivity contribution in [2.24, 2.45) is 7.05 Å². The first-order chi connectivity index (χ1) is 8.91. The molecular formula is C14H18N2O3. The van der Waals surface area contributed by atoms with Crippen molar-refractivity contribution in [3.8, 4) is 5.75 Å². The van der Waals surface area contributed by atoms with Crippen molar-refractivity contribution >= 4 is 16.9 Å². The van der Waals surface area contributed by atoms with E-state index in [1.54, 1.807) is 31.1 Å². The molecule has 5 nitrogen and oxygen atoms in total. The van der Waals surface area contributed by atoms with E-state index in [2.05, 4.69) is 0 Å². The van der Waals surface area contributed by atoms with Crippen LogP contribution in [0, 0.1) is 0 Å². The molecule has 0 saturated carbocycles. The number of carbonyl (C=O) groups is 1. The number of nitrogens with zero attached hydrogens (tertiary/aromatic N) is 2. The summed E-state index contributed by atoms with van der Waals surface area (Å²) in [5.74, 6) is -0.673. The van der Waals surface area contributed by atoms with Gasteiger partial charge in [-0.3, -0.25) is 9.69 Å². The van der Waals surface area contributed by atoms with E-state index in [0.717, 1.165) is 16.5 Å². The molecule has 0 amide bonds. The number of carboxylic acids is 1. The van der Waals surface area contributed by atoms with E-state index < -0.39 is 12.0 Å². The Morgan fingerprint density at radius 3 is 2.68 bits per heavy atom. The smallest absolute Gasteiger partial charge is 0.321 e. The Bertz CT molecular complexity index is 616. The molecule has 1 aromatic heterocycles. The van der Waals surface area contributed by atoms with Crippen LogP contribution < -0.4 is 0 Å². The first-order valence-corrected chi connectivity index (χ1v) is 6.07. The summed E-state index contributed by atoms with van der Waals surface area (Å²) < 4.78 is 1.90. The molecule has 19 heavy (non-hydrogen) atoms. The fraction of sp³-hybridized carbons (Fsp3) is 0.357. The molecule has 5 heteroatoms. The van der Waals surface area contributed by atoms with Crippen LogP contribution in [0.15, 0.2) is 24.4 Å². The number of aryl methyl sites for hydroxylation is 1. The van der Waals surface area contributed by atoms with Gasteiger partial charge in [-0.2, -0.15) is 0 Å². The number of aromatic nitrogens is 1. The maximum atomic E-state index is 11.3. The van der Waals surface area contributed by atoms with Gasteiger partial charge in [0.25, 0.3) is 0 Å². The number of hydrogen-bond donors (Lipinski definition) is 2. The Kier molecular flexibility index (Phi) is 3.48. The quantitative estimate of drug-likeness (QED) is 0.875. The lowest BCUT2D eigenvalue weighted by atomic mass is 10.0. The number of fused-ring (bicyclic) bond motifs is 1. The molecular weight excluding hydrogens is 244 g/mol. The second kappa shape index (κ2) is 4.93. The lowest BCUT2D eigenvalue weighted by Gasteiger charge is -2.19. The number of likely N-dealkylation sites (N-methyl/N-ethyl adjacent to an activating group) is 1. The summed E-state index contributed by atoms with van der Waals surface area (Å²) in [7, 11) is 5.37. The Balaban J connectivity index is 2.49. The number of benzene rings is 1. The molecule has 0 bridgehead atoms. The highest BCUT2D eigenvalue weighted by Gasteiger charge is 2.23. The summed E-state index contributed by atoms with van der Waals surface area (Å²) in [6.07, 6.45) is 2.24. The molecule has 2 N–H and O–H groups in total. The van der Waals surface area contributed by atoms with E-state index in [1.807, 2.05) is 23.9 Å². The second-order valence-electron chi connectivity index (χ2n) is 4.96. The highest BCUT2D eigenvalue weighted by atomic mass is 16.4. The van der Waals surface area contributed by atoms with E-state index in [0.29, 0.717) is 6.42 Å². The molecule has 0 fully saturated rings. The standard InChI is InChI=1S/C14H18N2O3/c1-15(2)11(14(18)19)7-9-8-16(3)10-5-4-6-12(17)13(9)10/h4-6,8,11,17H,7H2,1-3H3,(H,18,19). The van der Waals surface area contributed by atoms with Gasteiger partial charge in [0, 0.05) is 25.1 Å². The minimum Gasteiger partial charge on any atom is -0.507 e. The molecule has 0 aliphatic rings. The van der Waals surface area contributed by atoms with Crippen LogP contribution in [0.1, 0.15) is 5.56 Å². The predicted octanol–water partition coefficient (Wildman–Crippen LogP) is 1.44. The lowest BCUT2D eigenvalue weighted by molar-refractivity contribution is -0.142. The van der Waals surface area contributed by atoms with E-state index in [9.17, 15) is 15.0 Å². The third-order valence-corrected chi connectivity index (χ3v) is 3.39. The van der Waals surface area contributed by atoms with Crippen molar-refractivity contribution in [3.63, 3.8) is 0 Å². The van der Waals surface area contributed by atoms with Crippen molar-refractivity contribution in [1.29, 1.82) is 0 Å². The SMILES string of the molecule is CN(C)C(Cc1cn(C)c2cccc(O)c12)C(=O)O. The van der Waals surface area contributed by atoms with E-state index >= 15 is 0 Å². The molecule has 0 radical (unpaired) electrons. The summed E-state index contributed by atoms with van der Waals surface area (Å²) >= 11 is 0. The largest absolute Gasteiger partial charge is 0.507 e. The molecule has 1 aromatic carbocycles. The van der Waals surface area contributed by atoms with E-state index in [4.69, 9.17) is 0 Å². The van der Waals surface area contributed by atoms with Crippen molar-refractivity contribution in [2.75, 3.05) is 14.1 Å². The third-order valence-electron chi connectivity index (χ3n) is 3.39. The highest BCUT2D eigenvalue weighted by Crippen LogP contribution is 2.30. The fourth-order valence-electron chi connectivity index (χ4n) is 2.37. The molecule has 0 aliphatic carbocycles. The molecule has 0 aliphatic heterocycles. The Morgan fingerprint density at radius 2 is 2.11 bits per heavy atom. The topological polar surface area (TPSA) is 65.7 Å². The zero-order valence-corrected chi connectivity index (χ0v) is 11.3. The van der Waals surface area contributed by atoms with Gasteiger partial charge in [-0.15, -0.1) is 0 Å². The number of phenolic OH excluding ortho intramolecular Hbond substituents is 1. The van der Waals surface area contributed by atoms with Crippen LogP contribution in [0.5, 0.6) is 5.75 Å². The number of rotatable bonds is 4. The highest BCUT2D eigenvalue weighted by molar-refractivity contribution is 5.90. The number of phenols is 1. The number of aromatic hydroxyl groups is 1. The van der Waals surface area contributed by atoms with Gasteiger partial charge in [-0.25, -0.2) is 0 Å². The molecule has 102 valence electrons. The van der Waals surface area contributed by atoms with Gasteiger partial charge < -0.3 is 14.8 Å². The normalized spacial score (nSPS) is 13.1. The molecule has 0 saturated heterocycles. The minimum atomic E-state index is -0.863. The van der Waals surface area contributed by atoms with Gasteiger partial charge in [0.2, 0.25) is 0 Å². The van der Waals surface area contributed by atoms with Crippen LogP contribution in [-0.2, 0) is 18.3 Å². The van der Waals surface area contributed by atoms with Crippen molar-refractivity contribution in [3.05, 3.63) is 30.0 Å². The lowest BCUT2D eigenvalue weighted by Crippen LogP contribution is -2.37. The summed E-state index contributed by atoms with van der Waals surface area (Å²) in [6, 6.07) is 4.70. The first-order valence-electron chi connectivity index (χ1n) is 6.07. The predicted molar refractivity (Wildman–Crippen MR) is 73.4 cm³/mol. The van der Waals surface area contributed by atoms with Gasteiger partial charge in [0.05, 0.1) is 5.52 Å². The number of hydrogen-bond acceptors (Lipinski definition) is 3. The summed E-state index contributed by atoms with van der Waals surface area (Å²) in [4.78, 5) is 12.9. The van der Waals surface area contributed by atoms with Crippen LogP contribution in [0.4, 0.5) is 0 Å². The maximum absolute atomic E-state index is 11.3. The van der Waals surface area contributed by atoms with Crippen LogP contribution >= 0.6 is 0 Å². The molecule has 1 heterocycles. The van der Waals surface area contributed by atoms with Crippen molar-refractivity contribution in [1.82, 2.24) is 9.47 Å². The van der Waals surface area contributed by atoms with E-state index in [1.165, 1.54) is 0 Å². The Morgan fingerprint density at radius 1 is 1.42 bits per heavy atom. The van der Waals surface area contributed by atoms with Gasteiger partial charge in [-0.1, -0.05) is 6.07 Å². The zero-order valence-electron chi connectivity index (χ0n) is 11.3. The van der Waals surface area contributed by atoms with E-state index in [-0.39, 0.29) is 5.75 Å². The molecule has 1 atom stereocenters.